The average molecular weight is 426 g/mol. The highest BCUT2D eigenvalue weighted by Gasteiger charge is 2.27. The third kappa shape index (κ3) is 4.38. The molecule has 166 valence electrons. The van der Waals surface area contributed by atoms with Crippen molar-refractivity contribution in [1.82, 2.24) is 15.1 Å². The van der Waals surface area contributed by atoms with E-state index in [9.17, 15) is 4.79 Å². The van der Waals surface area contributed by atoms with E-state index in [1.165, 1.54) is 19.3 Å². The quantitative estimate of drug-likeness (QED) is 0.729. The summed E-state index contributed by atoms with van der Waals surface area (Å²) < 4.78 is 10.8. The molecular formula is C23H31N5O3. The molecule has 3 heterocycles. The summed E-state index contributed by atoms with van der Waals surface area (Å²) >= 11 is 0. The van der Waals surface area contributed by atoms with Gasteiger partial charge in [-0.15, -0.1) is 10.2 Å². The molecule has 1 aromatic carbocycles. The second kappa shape index (κ2) is 9.41. The van der Waals surface area contributed by atoms with Gasteiger partial charge >= 0.3 is 0 Å². The van der Waals surface area contributed by atoms with Gasteiger partial charge in [0.2, 0.25) is 0 Å². The van der Waals surface area contributed by atoms with Crippen molar-refractivity contribution in [3.05, 3.63) is 35.9 Å². The molecular weight excluding hydrogens is 394 g/mol. The average Bonchev–Trinajstić information content (AvgIpc) is 2.83. The molecule has 2 saturated heterocycles. The molecule has 2 aliphatic rings. The van der Waals surface area contributed by atoms with Gasteiger partial charge in [0, 0.05) is 38.8 Å². The van der Waals surface area contributed by atoms with Gasteiger partial charge < -0.3 is 24.2 Å². The zero-order valence-corrected chi connectivity index (χ0v) is 18.6. The van der Waals surface area contributed by atoms with Crippen LogP contribution in [0.2, 0.25) is 0 Å². The van der Waals surface area contributed by atoms with Crippen LogP contribution in [0.15, 0.2) is 30.3 Å². The first-order valence-corrected chi connectivity index (χ1v) is 11.0. The smallest absolute Gasteiger partial charge is 0.257 e. The molecule has 8 nitrogen and oxygen atoms in total. The molecule has 31 heavy (non-hydrogen) atoms. The number of anilines is 2. The van der Waals surface area contributed by atoms with E-state index in [1.54, 1.807) is 26.4 Å². The second-order valence-corrected chi connectivity index (χ2v) is 8.11. The van der Waals surface area contributed by atoms with Gasteiger partial charge in [-0.3, -0.25) is 4.79 Å². The lowest BCUT2D eigenvalue weighted by atomic mass is 10.0. The number of aromatic nitrogens is 2. The van der Waals surface area contributed by atoms with Gasteiger partial charge in [0.25, 0.3) is 5.91 Å². The van der Waals surface area contributed by atoms with Crippen LogP contribution in [0.1, 0.15) is 36.5 Å². The summed E-state index contributed by atoms with van der Waals surface area (Å²) in [5.41, 5.74) is 0.523. The fourth-order valence-electron chi connectivity index (χ4n) is 4.44. The minimum atomic E-state index is -0.0454. The van der Waals surface area contributed by atoms with Crippen LogP contribution in [0.25, 0.3) is 0 Å². The maximum atomic E-state index is 13.1. The summed E-state index contributed by atoms with van der Waals surface area (Å²) in [6.45, 7) is 5.96. The zero-order valence-electron chi connectivity index (χ0n) is 18.6. The number of hydrogen-bond acceptors (Lipinski definition) is 7. The molecule has 1 amide bonds. The Labute approximate surface area is 183 Å². The molecule has 0 saturated carbocycles. The predicted octanol–water partition coefficient (Wildman–Crippen LogP) is 2.84. The van der Waals surface area contributed by atoms with Gasteiger partial charge in [0.05, 0.1) is 19.8 Å². The third-order valence-electron chi connectivity index (χ3n) is 6.26. The van der Waals surface area contributed by atoms with Gasteiger partial charge in [-0.2, -0.15) is 0 Å². The van der Waals surface area contributed by atoms with Crippen molar-refractivity contribution in [2.24, 2.45) is 0 Å². The zero-order chi connectivity index (χ0) is 21.8. The molecule has 0 N–H and O–H groups in total. The topological polar surface area (TPSA) is 71.0 Å². The Hall–Kier alpha value is -3.03. The van der Waals surface area contributed by atoms with E-state index < -0.39 is 0 Å². The lowest BCUT2D eigenvalue weighted by Gasteiger charge is -2.36. The number of amides is 1. The Morgan fingerprint density at radius 2 is 1.68 bits per heavy atom. The Kier molecular flexibility index (Phi) is 6.44. The first-order chi connectivity index (χ1) is 15.1. The van der Waals surface area contributed by atoms with Crippen LogP contribution in [-0.4, -0.2) is 74.0 Å². The largest absolute Gasteiger partial charge is 0.493 e. The normalized spacial score (nSPS) is 19.3. The first kappa shape index (κ1) is 21.2. The van der Waals surface area contributed by atoms with E-state index in [0.717, 1.165) is 18.2 Å². The predicted molar refractivity (Wildman–Crippen MR) is 120 cm³/mol. The van der Waals surface area contributed by atoms with E-state index in [4.69, 9.17) is 9.47 Å². The highest BCUT2D eigenvalue weighted by Crippen LogP contribution is 2.32. The number of rotatable bonds is 5. The van der Waals surface area contributed by atoms with E-state index >= 15 is 0 Å². The van der Waals surface area contributed by atoms with Crippen molar-refractivity contribution in [2.75, 3.05) is 56.7 Å². The van der Waals surface area contributed by atoms with Crippen molar-refractivity contribution >= 4 is 17.5 Å². The molecule has 0 bridgehead atoms. The van der Waals surface area contributed by atoms with Crippen LogP contribution in [0.5, 0.6) is 11.5 Å². The van der Waals surface area contributed by atoms with E-state index in [1.807, 2.05) is 17.0 Å². The number of piperazine rings is 1. The van der Waals surface area contributed by atoms with Crippen molar-refractivity contribution in [2.45, 2.75) is 32.2 Å². The van der Waals surface area contributed by atoms with E-state index in [2.05, 4.69) is 33.0 Å². The molecule has 8 heteroatoms. The van der Waals surface area contributed by atoms with Crippen LogP contribution in [-0.2, 0) is 0 Å². The first-order valence-electron chi connectivity index (χ1n) is 11.0. The van der Waals surface area contributed by atoms with Crippen LogP contribution in [0.3, 0.4) is 0 Å². The maximum absolute atomic E-state index is 13.1. The summed E-state index contributed by atoms with van der Waals surface area (Å²) in [5.74, 6) is 2.81. The number of carbonyl (C=O) groups is 1. The number of benzene rings is 1. The van der Waals surface area contributed by atoms with Gasteiger partial charge in [-0.25, -0.2) is 0 Å². The minimum Gasteiger partial charge on any atom is -0.493 e. The maximum Gasteiger partial charge on any atom is 0.257 e. The van der Waals surface area contributed by atoms with E-state index in [0.29, 0.717) is 49.3 Å². The minimum absolute atomic E-state index is 0.0454. The van der Waals surface area contributed by atoms with Gasteiger partial charge in [0.15, 0.2) is 23.1 Å². The molecule has 2 aliphatic heterocycles. The summed E-state index contributed by atoms with van der Waals surface area (Å²) in [5, 5.41) is 8.98. The summed E-state index contributed by atoms with van der Waals surface area (Å²) in [6, 6.07) is 10.0. The number of carbonyl (C=O) groups excluding carboxylic acids is 1. The summed E-state index contributed by atoms with van der Waals surface area (Å²) in [4.78, 5) is 19.5. The number of nitrogens with zero attached hydrogens (tertiary/aromatic N) is 5. The highest BCUT2D eigenvalue weighted by atomic mass is 16.5. The fourth-order valence-corrected chi connectivity index (χ4v) is 4.44. The molecule has 0 aliphatic carbocycles. The van der Waals surface area contributed by atoms with Crippen LogP contribution in [0.4, 0.5) is 11.6 Å². The van der Waals surface area contributed by atoms with Crippen LogP contribution < -0.4 is 19.3 Å². The Balaban J connectivity index is 1.39. The number of para-hydroxylation sites is 1. The van der Waals surface area contributed by atoms with Crippen LogP contribution in [0, 0.1) is 0 Å². The standard InChI is InChI=1S/C23H31N5O3/c1-17-7-4-5-12-28(17)21-11-10-20(24-25-21)26-13-15-27(16-14-26)23(29)18-8-6-9-19(30-2)22(18)31-3/h6,8-11,17H,4-5,7,12-16H2,1-3H3. The fraction of sp³-hybridized carbons (Fsp3) is 0.522. The van der Waals surface area contributed by atoms with Crippen LogP contribution >= 0.6 is 0 Å². The third-order valence-corrected chi connectivity index (χ3v) is 6.26. The number of hydrogen-bond donors (Lipinski definition) is 0. The number of methoxy groups -OCH3 is 2. The van der Waals surface area contributed by atoms with Crippen molar-refractivity contribution in [3.8, 4) is 11.5 Å². The molecule has 0 spiro atoms. The number of piperidine rings is 1. The Bertz CT molecular complexity index is 897. The van der Waals surface area contributed by atoms with Gasteiger partial charge in [0.1, 0.15) is 0 Å². The molecule has 0 radical (unpaired) electrons. The van der Waals surface area contributed by atoms with Crippen molar-refractivity contribution in [1.29, 1.82) is 0 Å². The van der Waals surface area contributed by atoms with Gasteiger partial charge in [-0.1, -0.05) is 6.07 Å². The molecule has 1 aromatic heterocycles. The summed E-state index contributed by atoms with van der Waals surface area (Å²) in [6.07, 6.45) is 3.70. The van der Waals surface area contributed by atoms with Crippen molar-refractivity contribution in [3.63, 3.8) is 0 Å². The monoisotopic (exact) mass is 425 g/mol. The molecule has 4 rings (SSSR count). The summed E-state index contributed by atoms with van der Waals surface area (Å²) in [7, 11) is 3.13. The van der Waals surface area contributed by atoms with E-state index in [-0.39, 0.29) is 5.91 Å². The second-order valence-electron chi connectivity index (χ2n) is 8.11. The lowest BCUT2D eigenvalue weighted by Crippen LogP contribution is -2.49. The number of ether oxygens (including phenoxy) is 2. The van der Waals surface area contributed by atoms with Crippen molar-refractivity contribution < 1.29 is 14.3 Å². The Morgan fingerprint density at radius 1 is 0.935 bits per heavy atom. The molecule has 1 atom stereocenters. The highest BCUT2D eigenvalue weighted by molar-refractivity contribution is 5.98. The molecule has 1 unspecified atom stereocenters. The molecule has 2 aromatic rings. The SMILES string of the molecule is COc1cccc(C(=O)N2CCN(c3ccc(N4CCCCC4C)nn3)CC2)c1OC. The Morgan fingerprint density at radius 3 is 2.32 bits per heavy atom. The van der Waals surface area contributed by atoms with Gasteiger partial charge in [-0.05, 0) is 50.5 Å². The lowest BCUT2D eigenvalue weighted by molar-refractivity contribution is 0.0742. The molecule has 2 fully saturated rings.